The van der Waals surface area contributed by atoms with Gasteiger partial charge in [0.15, 0.2) is 0 Å². The van der Waals surface area contributed by atoms with Gasteiger partial charge >= 0.3 is 12.1 Å². The van der Waals surface area contributed by atoms with Gasteiger partial charge in [0, 0.05) is 26.7 Å². The van der Waals surface area contributed by atoms with Crippen molar-refractivity contribution in [3.05, 3.63) is 0 Å². The molecule has 7 nitrogen and oxygen atoms in total. The molecule has 0 saturated heterocycles. The summed E-state index contributed by atoms with van der Waals surface area (Å²) >= 11 is 0. The van der Waals surface area contributed by atoms with Crippen molar-refractivity contribution in [2.75, 3.05) is 27.7 Å². The van der Waals surface area contributed by atoms with Crippen LogP contribution in [0.25, 0.3) is 0 Å². The number of carbonyl (C=O) groups excluding carboxylic acids is 2. The molecule has 2 saturated carbocycles. The molecule has 3 amide bonds. The maximum absolute atomic E-state index is 12.5. The highest BCUT2D eigenvalue weighted by atomic mass is 16.5. The predicted molar refractivity (Wildman–Crippen MR) is 83.7 cm³/mol. The second-order valence-electron chi connectivity index (χ2n) is 6.42. The zero-order valence-electron chi connectivity index (χ0n) is 13.9. The van der Waals surface area contributed by atoms with Crippen molar-refractivity contribution in [2.24, 2.45) is 10.9 Å². The van der Waals surface area contributed by atoms with Gasteiger partial charge in [-0.05, 0) is 44.9 Å². The molecule has 0 radical (unpaired) electrons. The van der Waals surface area contributed by atoms with E-state index in [2.05, 4.69) is 10.3 Å². The van der Waals surface area contributed by atoms with Crippen LogP contribution in [-0.4, -0.2) is 61.2 Å². The van der Waals surface area contributed by atoms with Gasteiger partial charge in [-0.1, -0.05) is 0 Å². The fourth-order valence-electron chi connectivity index (χ4n) is 3.48. The van der Waals surface area contributed by atoms with Gasteiger partial charge in [-0.25, -0.2) is 9.59 Å². The molecule has 22 heavy (non-hydrogen) atoms. The molecular weight excluding hydrogens is 284 g/mol. The molecule has 2 aliphatic rings. The number of ether oxygens (including phenoxy) is 1. The molecule has 0 aromatic carbocycles. The van der Waals surface area contributed by atoms with Crippen molar-refractivity contribution in [3.63, 3.8) is 0 Å². The first-order chi connectivity index (χ1) is 10.4. The average Bonchev–Trinajstić information content (AvgIpc) is 3.04. The Hall–Kier alpha value is -1.79. The summed E-state index contributed by atoms with van der Waals surface area (Å²) in [7, 11) is 5.09. The number of hydrogen-bond acceptors (Lipinski definition) is 3. The number of hydrogen-bond donors (Lipinski definition) is 1. The highest BCUT2D eigenvalue weighted by molar-refractivity contribution is 6.00. The minimum atomic E-state index is -0.689. The van der Waals surface area contributed by atoms with Crippen molar-refractivity contribution < 1.29 is 14.3 Å². The zero-order chi connectivity index (χ0) is 16.3. The molecule has 1 N–H and O–H groups in total. The Morgan fingerprint density at radius 3 is 2.36 bits per heavy atom. The van der Waals surface area contributed by atoms with Crippen LogP contribution >= 0.6 is 0 Å². The van der Waals surface area contributed by atoms with Crippen molar-refractivity contribution in [1.82, 2.24) is 15.1 Å². The fraction of sp³-hybridized carbons (Fsp3) is 0.800. The number of nitrogens with one attached hydrogen (secondary N) is 1. The maximum atomic E-state index is 12.5. The summed E-state index contributed by atoms with van der Waals surface area (Å²) in [6, 6.07) is -0.223. The van der Waals surface area contributed by atoms with Gasteiger partial charge in [0.1, 0.15) is 0 Å². The first kappa shape index (κ1) is 16.6. The van der Waals surface area contributed by atoms with E-state index in [-0.39, 0.29) is 24.1 Å². The molecule has 2 fully saturated rings. The number of aliphatic imine (C=N–C) groups is 1. The van der Waals surface area contributed by atoms with Crippen LogP contribution in [0, 0.1) is 5.92 Å². The number of amides is 3. The van der Waals surface area contributed by atoms with Crippen LogP contribution in [0.4, 0.5) is 9.59 Å². The first-order valence-corrected chi connectivity index (χ1v) is 7.85. The van der Waals surface area contributed by atoms with Crippen LogP contribution in [0.3, 0.4) is 0 Å². The van der Waals surface area contributed by atoms with Gasteiger partial charge in [0.05, 0.1) is 6.61 Å². The Morgan fingerprint density at radius 2 is 1.91 bits per heavy atom. The minimum Gasteiger partial charge on any atom is -0.448 e. The molecule has 7 heteroatoms. The number of carbonyl (C=O) groups is 2. The van der Waals surface area contributed by atoms with Gasteiger partial charge in [-0.2, -0.15) is 0 Å². The van der Waals surface area contributed by atoms with E-state index in [9.17, 15) is 9.59 Å². The number of fused-ring (bicyclic) bond motifs is 2. The van der Waals surface area contributed by atoms with E-state index < -0.39 is 6.09 Å². The van der Waals surface area contributed by atoms with Gasteiger partial charge in [-0.15, -0.1) is 4.99 Å². The van der Waals surface area contributed by atoms with Crippen molar-refractivity contribution in [1.29, 1.82) is 0 Å². The molecule has 0 atom stereocenters. The Kier molecular flexibility index (Phi) is 4.93. The van der Waals surface area contributed by atoms with E-state index in [1.807, 2.05) is 0 Å². The molecule has 2 rings (SSSR count). The van der Waals surface area contributed by atoms with Crippen LogP contribution in [0.5, 0.6) is 0 Å². The topological polar surface area (TPSA) is 74.2 Å². The number of rotatable bonds is 2. The van der Waals surface area contributed by atoms with E-state index in [0.717, 1.165) is 25.2 Å². The summed E-state index contributed by atoms with van der Waals surface area (Å²) in [6.07, 6.45) is 4.86. The zero-order valence-corrected chi connectivity index (χ0v) is 13.9. The lowest BCUT2D eigenvalue weighted by Crippen LogP contribution is -2.53. The van der Waals surface area contributed by atoms with Crippen molar-refractivity contribution >= 4 is 18.1 Å². The number of urea groups is 1. The third kappa shape index (κ3) is 3.51. The quantitative estimate of drug-likeness (QED) is 0.625. The highest BCUT2D eigenvalue weighted by Gasteiger charge is 2.46. The Bertz CT molecular complexity index is 467. The third-order valence-electron chi connectivity index (χ3n) is 4.58. The van der Waals surface area contributed by atoms with E-state index in [0.29, 0.717) is 0 Å². The van der Waals surface area contributed by atoms with E-state index in [1.54, 1.807) is 33.0 Å². The SMILES string of the molecule is CCOC(=O)N=C(N(C)C)N(C)C(=O)NC12CCC(CC1)C2. The van der Waals surface area contributed by atoms with Crippen molar-refractivity contribution in [3.8, 4) is 0 Å². The van der Waals surface area contributed by atoms with Gasteiger partial charge in [0.2, 0.25) is 5.96 Å². The van der Waals surface area contributed by atoms with E-state index >= 15 is 0 Å². The summed E-state index contributed by atoms with van der Waals surface area (Å²) in [6.45, 7) is 1.97. The molecule has 2 bridgehead atoms. The highest BCUT2D eigenvalue weighted by Crippen LogP contribution is 2.47. The molecule has 0 aromatic rings. The summed E-state index contributed by atoms with van der Waals surface area (Å²) in [5.41, 5.74) is -0.0582. The monoisotopic (exact) mass is 310 g/mol. The van der Waals surface area contributed by atoms with Gasteiger partial charge in [0.25, 0.3) is 0 Å². The standard InChI is InChI=1S/C15H26N4O3/c1-5-22-14(21)16-12(18(2)3)19(4)13(20)17-15-8-6-11(10-15)7-9-15/h11H,5-10H2,1-4H3,(H,17,20). The second-order valence-corrected chi connectivity index (χ2v) is 6.42. The summed E-state index contributed by atoms with van der Waals surface area (Å²) in [5.74, 6) is 1.02. The molecule has 0 aliphatic heterocycles. The van der Waals surface area contributed by atoms with Gasteiger partial charge in [-0.3, -0.25) is 4.90 Å². The fourth-order valence-corrected chi connectivity index (χ4v) is 3.48. The summed E-state index contributed by atoms with van der Waals surface area (Å²) in [4.78, 5) is 30.9. The summed E-state index contributed by atoms with van der Waals surface area (Å²) in [5, 5.41) is 3.15. The van der Waals surface area contributed by atoms with E-state index in [1.165, 1.54) is 17.7 Å². The molecule has 124 valence electrons. The average molecular weight is 310 g/mol. The summed E-state index contributed by atoms with van der Waals surface area (Å²) < 4.78 is 4.82. The lowest BCUT2D eigenvalue weighted by atomic mass is 9.94. The van der Waals surface area contributed by atoms with Crippen molar-refractivity contribution in [2.45, 2.75) is 44.6 Å². The normalized spacial score (nSPS) is 26.7. The largest absolute Gasteiger partial charge is 0.448 e. The molecule has 2 aliphatic carbocycles. The first-order valence-electron chi connectivity index (χ1n) is 7.85. The minimum absolute atomic E-state index is 0.0582. The van der Waals surface area contributed by atoms with Gasteiger partial charge < -0.3 is 15.0 Å². The van der Waals surface area contributed by atoms with Crippen LogP contribution in [-0.2, 0) is 4.74 Å². The lowest BCUT2D eigenvalue weighted by Gasteiger charge is -2.32. The molecule has 0 unspecified atom stereocenters. The molecular formula is C15H26N4O3. The number of nitrogens with zero attached hydrogens (tertiary/aromatic N) is 3. The van der Waals surface area contributed by atoms with E-state index in [4.69, 9.17) is 4.74 Å². The molecule has 0 aromatic heterocycles. The maximum Gasteiger partial charge on any atom is 0.436 e. The van der Waals surface area contributed by atoms with Crippen LogP contribution in [0.1, 0.15) is 39.0 Å². The Labute approximate surface area is 131 Å². The molecule has 0 spiro atoms. The van der Waals surface area contributed by atoms with Crippen LogP contribution in [0.15, 0.2) is 4.99 Å². The predicted octanol–water partition coefficient (Wildman–Crippen LogP) is 2.03. The number of guanidine groups is 1. The lowest BCUT2D eigenvalue weighted by molar-refractivity contribution is 0.162. The second kappa shape index (κ2) is 6.54. The Morgan fingerprint density at radius 1 is 1.27 bits per heavy atom. The smallest absolute Gasteiger partial charge is 0.436 e. The third-order valence-corrected chi connectivity index (χ3v) is 4.58. The molecule has 0 heterocycles. The van der Waals surface area contributed by atoms with Crippen LogP contribution < -0.4 is 5.32 Å². The van der Waals surface area contributed by atoms with Crippen LogP contribution in [0.2, 0.25) is 0 Å². The Balaban J connectivity index is 2.04.